The fourth-order valence-electron chi connectivity index (χ4n) is 3.02. The molecule has 0 bridgehead atoms. The van der Waals surface area contributed by atoms with Crippen molar-refractivity contribution < 1.29 is 14.3 Å². The fourth-order valence-corrected chi connectivity index (χ4v) is 3.96. The van der Waals surface area contributed by atoms with Crippen molar-refractivity contribution in [1.82, 2.24) is 0 Å². The third-order valence-corrected chi connectivity index (χ3v) is 5.48. The Labute approximate surface area is 173 Å². The predicted octanol–water partition coefficient (Wildman–Crippen LogP) is 4.68. The van der Waals surface area contributed by atoms with E-state index in [0.717, 1.165) is 4.90 Å². The zero-order valence-electron chi connectivity index (χ0n) is 15.7. The molecule has 0 aliphatic carbocycles. The zero-order chi connectivity index (χ0) is 20.2. The number of nitrogens with one attached hydrogen (secondary N) is 1. The molecule has 4 rings (SSSR count). The lowest BCUT2D eigenvalue weighted by Gasteiger charge is -2.15. The van der Waals surface area contributed by atoms with E-state index in [4.69, 9.17) is 4.74 Å². The molecule has 2 amide bonds. The van der Waals surface area contributed by atoms with Gasteiger partial charge in [-0.15, -0.1) is 0 Å². The third-order valence-electron chi connectivity index (χ3n) is 4.39. The van der Waals surface area contributed by atoms with Crippen molar-refractivity contribution in [1.29, 1.82) is 0 Å². The molecule has 0 atom stereocenters. The Morgan fingerprint density at radius 1 is 0.793 bits per heavy atom. The molecule has 1 aliphatic rings. The minimum atomic E-state index is -0.398. The summed E-state index contributed by atoms with van der Waals surface area (Å²) < 4.78 is 5.38. The van der Waals surface area contributed by atoms with Crippen molar-refractivity contribution in [2.24, 2.45) is 0 Å². The van der Waals surface area contributed by atoms with Crippen molar-refractivity contribution >= 4 is 35.0 Å². The van der Waals surface area contributed by atoms with E-state index in [0.29, 0.717) is 22.0 Å². The molecule has 3 aromatic rings. The monoisotopic (exact) mass is 402 g/mol. The second-order valence-corrected chi connectivity index (χ2v) is 7.31. The Balaban J connectivity index is 1.76. The van der Waals surface area contributed by atoms with Crippen molar-refractivity contribution in [3.63, 3.8) is 0 Å². The lowest BCUT2D eigenvalue weighted by molar-refractivity contribution is -0.120. The van der Waals surface area contributed by atoms with Crippen LogP contribution < -0.4 is 15.0 Å². The minimum Gasteiger partial charge on any atom is -0.495 e. The van der Waals surface area contributed by atoms with Crippen molar-refractivity contribution in [2.45, 2.75) is 4.90 Å². The lowest BCUT2D eigenvalue weighted by Crippen LogP contribution is -2.32. The van der Waals surface area contributed by atoms with Crippen LogP contribution in [-0.4, -0.2) is 18.9 Å². The first kappa shape index (κ1) is 18.8. The van der Waals surface area contributed by atoms with Gasteiger partial charge < -0.3 is 10.1 Å². The van der Waals surface area contributed by atoms with E-state index in [9.17, 15) is 9.59 Å². The van der Waals surface area contributed by atoms with Crippen molar-refractivity contribution in [3.8, 4) is 5.75 Å². The number of hydrogen-bond donors (Lipinski definition) is 1. The van der Waals surface area contributed by atoms with Crippen LogP contribution in [-0.2, 0) is 9.59 Å². The van der Waals surface area contributed by atoms with Crippen LogP contribution in [0.25, 0.3) is 0 Å². The highest BCUT2D eigenvalue weighted by Gasteiger charge is 2.40. The average molecular weight is 402 g/mol. The molecule has 0 fully saturated rings. The summed E-state index contributed by atoms with van der Waals surface area (Å²) in [5.74, 6) is -0.166. The summed E-state index contributed by atoms with van der Waals surface area (Å²) in [7, 11) is 1.56. The number of thioether (sulfide) groups is 1. The molecule has 0 spiro atoms. The first-order valence-electron chi connectivity index (χ1n) is 9.00. The largest absolute Gasteiger partial charge is 0.495 e. The average Bonchev–Trinajstić information content (AvgIpc) is 2.99. The number of methoxy groups -OCH3 is 1. The van der Waals surface area contributed by atoms with E-state index in [1.165, 1.54) is 16.7 Å². The number of nitrogens with zero attached hydrogens (tertiary/aromatic N) is 1. The van der Waals surface area contributed by atoms with Gasteiger partial charge in [-0.1, -0.05) is 60.3 Å². The molecule has 0 unspecified atom stereocenters. The number of amides is 2. The quantitative estimate of drug-likeness (QED) is 0.607. The van der Waals surface area contributed by atoms with E-state index >= 15 is 0 Å². The number of benzene rings is 3. The molecule has 0 saturated carbocycles. The van der Waals surface area contributed by atoms with Gasteiger partial charge in [-0.2, -0.15) is 0 Å². The van der Waals surface area contributed by atoms with Gasteiger partial charge in [0, 0.05) is 4.90 Å². The number of rotatable bonds is 6. The van der Waals surface area contributed by atoms with Gasteiger partial charge in [0.15, 0.2) is 0 Å². The van der Waals surface area contributed by atoms with Gasteiger partial charge in [0.2, 0.25) is 0 Å². The van der Waals surface area contributed by atoms with Gasteiger partial charge in [0.1, 0.15) is 16.4 Å². The van der Waals surface area contributed by atoms with Crippen LogP contribution in [0.5, 0.6) is 5.75 Å². The van der Waals surface area contributed by atoms with E-state index in [2.05, 4.69) is 5.32 Å². The molecule has 5 nitrogen and oxygen atoms in total. The van der Waals surface area contributed by atoms with E-state index in [1.54, 1.807) is 43.5 Å². The molecular weight excluding hydrogens is 384 g/mol. The maximum atomic E-state index is 13.3. The normalized spacial score (nSPS) is 13.8. The minimum absolute atomic E-state index is 0.234. The second-order valence-electron chi connectivity index (χ2n) is 6.23. The molecule has 6 heteroatoms. The van der Waals surface area contributed by atoms with Crippen molar-refractivity contribution in [3.05, 3.63) is 95.5 Å². The molecule has 1 aliphatic heterocycles. The number of carbonyl (C=O) groups excluding carboxylic acids is 2. The zero-order valence-corrected chi connectivity index (χ0v) is 16.5. The lowest BCUT2D eigenvalue weighted by atomic mass is 10.2. The first-order valence-corrected chi connectivity index (χ1v) is 9.81. The Kier molecular flexibility index (Phi) is 5.35. The number of anilines is 2. The molecule has 0 radical (unpaired) electrons. The van der Waals surface area contributed by atoms with Crippen molar-refractivity contribution in [2.75, 3.05) is 17.3 Å². The van der Waals surface area contributed by atoms with E-state index < -0.39 is 5.91 Å². The smallest absolute Gasteiger partial charge is 0.283 e. The Bertz CT molecular complexity index is 1080. The van der Waals surface area contributed by atoms with E-state index in [-0.39, 0.29) is 11.6 Å². The highest BCUT2D eigenvalue weighted by atomic mass is 32.2. The molecule has 29 heavy (non-hydrogen) atoms. The summed E-state index contributed by atoms with van der Waals surface area (Å²) in [4.78, 5) is 28.9. The standard InChI is InChI=1S/C23H18N2O3S/c1-28-19-15-9-8-14-18(19)24-20-21(29-17-12-6-3-7-13-17)23(27)25(22(20)26)16-10-4-2-5-11-16/h2-15,24H,1H3. The fraction of sp³-hybridized carbons (Fsp3) is 0.0435. The van der Waals surface area contributed by atoms with Gasteiger partial charge in [0.05, 0.1) is 18.5 Å². The van der Waals surface area contributed by atoms with E-state index in [1.807, 2.05) is 48.5 Å². The van der Waals surface area contributed by atoms with Crippen LogP contribution in [0.15, 0.2) is 100 Å². The Morgan fingerprint density at radius 2 is 1.41 bits per heavy atom. The predicted molar refractivity (Wildman–Crippen MR) is 115 cm³/mol. The summed E-state index contributed by atoms with van der Waals surface area (Å²) in [5, 5.41) is 3.13. The summed E-state index contributed by atoms with van der Waals surface area (Å²) in [6, 6.07) is 25.7. The molecule has 1 N–H and O–H groups in total. The highest BCUT2D eigenvalue weighted by molar-refractivity contribution is 8.04. The topological polar surface area (TPSA) is 58.6 Å². The van der Waals surface area contributed by atoms with Crippen LogP contribution >= 0.6 is 11.8 Å². The van der Waals surface area contributed by atoms with Gasteiger partial charge in [0.25, 0.3) is 11.8 Å². The second kappa shape index (κ2) is 8.24. The number of ether oxygens (including phenoxy) is 1. The number of para-hydroxylation sites is 3. The molecule has 0 aromatic heterocycles. The summed E-state index contributed by atoms with van der Waals surface area (Å²) >= 11 is 1.27. The first-order chi connectivity index (χ1) is 14.2. The number of carbonyl (C=O) groups is 2. The highest BCUT2D eigenvalue weighted by Crippen LogP contribution is 2.38. The molecular formula is C23H18N2O3S. The summed E-state index contributed by atoms with van der Waals surface area (Å²) in [6.45, 7) is 0. The molecule has 144 valence electrons. The number of imide groups is 1. The van der Waals surface area contributed by atoms with Gasteiger partial charge in [-0.3, -0.25) is 9.59 Å². The van der Waals surface area contributed by atoms with Crippen LogP contribution in [0.2, 0.25) is 0 Å². The van der Waals surface area contributed by atoms with Crippen LogP contribution in [0.4, 0.5) is 11.4 Å². The molecule has 1 heterocycles. The van der Waals surface area contributed by atoms with Gasteiger partial charge >= 0.3 is 0 Å². The van der Waals surface area contributed by atoms with Crippen LogP contribution in [0.1, 0.15) is 0 Å². The van der Waals surface area contributed by atoms with Gasteiger partial charge in [-0.05, 0) is 36.4 Å². The maximum Gasteiger partial charge on any atom is 0.283 e. The molecule has 3 aromatic carbocycles. The summed E-state index contributed by atoms with van der Waals surface area (Å²) in [5.41, 5.74) is 1.38. The van der Waals surface area contributed by atoms with Gasteiger partial charge in [-0.25, -0.2) is 4.90 Å². The Morgan fingerprint density at radius 3 is 2.10 bits per heavy atom. The Hall–Kier alpha value is -3.51. The van der Waals surface area contributed by atoms with Crippen LogP contribution in [0, 0.1) is 0 Å². The molecule has 0 saturated heterocycles. The summed E-state index contributed by atoms with van der Waals surface area (Å²) in [6.07, 6.45) is 0. The SMILES string of the molecule is COc1ccccc1NC1=C(Sc2ccccc2)C(=O)N(c2ccccc2)C1=O. The number of hydrogen-bond acceptors (Lipinski definition) is 5. The third kappa shape index (κ3) is 3.75. The maximum absolute atomic E-state index is 13.3. The van der Waals surface area contributed by atoms with Crippen LogP contribution in [0.3, 0.4) is 0 Å².